The number of piperidine rings is 1. The van der Waals surface area contributed by atoms with Crippen molar-refractivity contribution < 1.29 is 14.9 Å². The second-order valence-electron chi connectivity index (χ2n) is 8.96. The Labute approximate surface area is 153 Å². The van der Waals surface area contributed by atoms with Crippen molar-refractivity contribution in [1.82, 2.24) is 4.90 Å². The Bertz CT molecular complexity index is 833. The smallest absolute Gasteiger partial charge is 0.166 e. The van der Waals surface area contributed by atoms with E-state index in [0.29, 0.717) is 5.75 Å². The maximum Gasteiger partial charge on any atom is 0.166 e. The number of benzene rings is 1. The van der Waals surface area contributed by atoms with Crippen LogP contribution in [0, 0.1) is 5.92 Å². The second kappa shape index (κ2) is 4.82. The highest BCUT2D eigenvalue weighted by Crippen LogP contribution is 2.65. The van der Waals surface area contributed by atoms with Crippen molar-refractivity contribution in [1.29, 1.82) is 0 Å². The van der Waals surface area contributed by atoms with Crippen molar-refractivity contribution in [2.24, 2.45) is 10.9 Å². The number of ether oxygens (including phenoxy) is 1. The highest BCUT2D eigenvalue weighted by molar-refractivity contribution is 5.94. The van der Waals surface area contributed by atoms with Crippen LogP contribution in [0.4, 0.5) is 0 Å². The first kappa shape index (κ1) is 15.5. The number of hydrogen-bond acceptors (Lipinski definition) is 5. The van der Waals surface area contributed by atoms with Gasteiger partial charge in [-0.15, -0.1) is 0 Å². The lowest BCUT2D eigenvalue weighted by Crippen LogP contribution is -2.76. The average Bonchev–Trinajstić information content (AvgIpc) is 3.37. The van der Waals surface area contributed by atoms with Gasteiger partial charge in [-0.2, -0.15) is 0 Å². The monoisotopic (exact) mass is 354 g/mol. The van der Waals surface area contributed by atoms with Gasteiger partial charge in [-0.25, -0.2) is 0 Å². The van der Waals surface area contributed by atoms with Gasteiger partial charge in [-0.1, -0.05) is 6.07 Å². The standard InChI is InChI=1S/C21H26N2O3/c1-22-14-6-7-21(25)16-10-13-4-5-15(24)18-17(13)20(21,19(14)26-18)8-9-23(16)11-12-2-3-12/h4-5,12,16,19,24-25H,2-3,6-11H2,1H3/t16-,19+,20+,21-/m1/s1. The van der Waals surface area contributed by atoms with Gasteiger partial charge in [0.2, 0.25) is 0 Å². The molecular weight excluding hydrogens is 328 g/mol. The van der Waals surface area contributed by atoms with Crippen molar-refractivity contribution in [2.45, 2.75) is 61.7 Å². The number of aliphatic imine (C=N–C) groups is 1. The normalized spacial score (nSPS) is 41.8. The zero-order valence-corrected chi connectivity index (χ0v) is 15.2. The van der Waals surface area contributed by atoms with Gasteiger partial charge in [-0.05, 0) is 62.6 Å². The van der Waals surface area contributed by atoms with Gasteiger partial charge in [-0.3, -0.25) is 9.89 Å². The van der Waals surface area contributed by atoms with Gasteiger partial charge in [0.05, 0.1) is 16.7 Å². The molecule has 2 aliphatic heterocycles. The number of hydrogen-bond donors (Lipinski definition) is 2. The Kier molecular flexibility index (Phi) is 2.86. The first-order valence-electron chi connectivity index (χ1n) is 10.0. The molecule has 2 N–H and O–H groups in total. The van der Waals surface area contributed by atoms with Crippen LogP contribution in [0.2, 0.25) is 0 Å². The topological polar surface area (TPSA) is 65.3 Å². The number of likely N-dealkylation sites (tertiary alicyclic amines) is 1. The van der Waals surface area contributed by atoms with E-state index in [4.69, 9.17) is 4.74 Å². The summed E-state index contributed by atoms with van der Waals surface area (Å²) in [5, 5.41) is 22.6. The molecule has 1 saturated heterocycles. The molecule has 1 aromatic carbocycles. The fraction of sp³-hybridized carbons (Fsp3) is 0.667. The van der Waals surface area contributed by atoms with E-state index in [0.717, 1.165) is 56.0 Å². The molecule has 5 heteroatoms. The molecule has 5 aliphatic rings. The second-order valence-corrected chi connectivity index (χ2v) is 8.96. The molecule has 2 saturated carbocycles. The van der Waals surface area contributed by atoms with Crippen molar-refractivity contribution in [3.05, 3.63) is 23.3 Å². The van der Waals surface area contributed by atoms with Crippen molar-refractivity contribution in [3.63, 3.8) is 0 Å². The molecule has 3 aliphatic carbocycles. The lowest BCUT2D eigenvalue weighted by atomic mass is 9.49. The number of phenolic OH excluding ortho intramolecular Hbond substituents is 1. The fourth-order valence-electron chi connectivity index (χ4n) is 6.51. The summed E-state index contributed by atoms with van der Waals surface area (Å²) >= 11 is 0. The van der Waals surface area contributed by atoms with Crippen LogP contribution in [0.5, 0.6) is 11.5 Å². The quantitative estimate of drug-likeness (QED) is 0.853. The van der Waals surface area contributed by atoms with Crippen molar-refractivity contribution in [3.8, 4) is 11.5 Å². The lowest BCUT2D eigenvalue weighted by Gasteiger charge is -2.63. The van der Waals surface area contributed by atoms with E-state index in [1.165, 1.54) is 18.4 Å². The van der Waals surface area contributed by atoms with Crippen molar-refractivity contribution >= 4 is 5.71 Å². The summed E-state index contributed by atoms with van der Waals surface area (Å²) < 4.78 is 6.35. The zero-order chi connectivity index (χ0) is 17.7. The van der Waals surface area contributed by atoms with E-state index in [1.54, 1.807) is 6.07 Å². The highest BCUT2D eigenvalue weighted by Gasteiger charge is 2.72. The third-order valence-electron chi connectivity index (χ3n) is 7.87. The van der Waals surface area contributed by atoms with Crippen LogP contribution in [0.1, 0.15) is 43.2 Å². The Hall–Kier alpha value is -1.59. The summed E-state index contributed by atoms with van der Waals surface area (Å²) in [6.07, 6.45) is 5.66. The van der Waals surface area contributed by atoms with Crippen LogP contribution >= 0.6 is 0 Å². The third-order valence-corrected chi connectivity index (χ3v) is 7.87. The van der Waals surface area contributed by atoms with Gasteiger partial charge in [0.15, 0.2) is 11.5 Å². The first-order valence-corrected chi connectivity index (χ1v) is 10.0. The molecule has 1 spiro atoms. The van der Waals surface area contributed by atoms with Crippen molar-refractivity contribution in [2.75, 3.05) is 20.1 Å². The van der Waals surface area contributed by atoms with Crippen LogP contribution in [0.25, 0.3) is 0 Å². The van der Waals surface area contributed by atoms with Crippen LogP contribution < -0.4 is 4.74 Å². The molecule has 3 fully saturated rings. The molecule has 138 valence electrons. The van der Waals surface area contributed by atoms with Gasteiger partial charge in [0, 0.05) is 25.2 Å². The summed E-state index contributed by atoms with van der Waals surface area (Å²) in [5.41, 5.74) is 2.10. The molecule has 5 nitrogen and oxygen atoms in total. The van der Waals surface area contributed by atoms with Gasteiger partial charge < -0.3 is 14.9 Å². The van der Waals surface area contributed by atoms with E-state index in [-0.39, 0.29) is 17.9 Å². The van der Waals surface area contributed by atoms with Crippen LogP contribution in [0.15, 0.2) is 17.1 Å². The van der Waals surface area contributed by atoms with E-state index >= 15 is 0 Å². The van der Waals surface area contributed by atoms with Crippen LogP contribution in [0.3, 0.4) is 0 Å². The summed E-state index contributed by atoms with van der Waals surface area (Å²) in [6, 6.07) is 3.95. The lowest BCUT2D eigenvalue weighted by molar-refractivity contribution is -0.166. The van der Waals surface area contributed by atoms with Gasteiger partial charge in [0.1, 0.15) is 6.10 Å². The number of rotatable bonds is 2. The van der Waals surface area contributed by atoms with E-state index in [1.807, 2.05) is 13.1 Å². The number of aliphatic hydroxyl groups is 1. The molecule has 0 amide bonds. The molecule has 4 atom stereocenters. The fourth-order valence-corrected chi connectivity index (χ4v) is 6.51. The number of phenols is 1. The number of nitrogens with zero attached hydrogens (tertiary/aromatic N) is 2. The minimum Gasteiger partial charge on any atom is -0.504 e. The predicted molar refractivity (Wildman–Crippen MR) is 98.1 cm³/mol. The summed E-state index contributed by atoms with van der Waals surface area (Å²) in [6.45, 7) is 2.11. The Balaban J connectivity index is 1.58. The molecule has 1 aromatic rings. The predicted octanol–water partition coefficient (Wildman–Crippen LogP) is 2.03. The summed E-state index contributed by atoms with van der Waals surface area (Å²) in [4.78, 5) is 7.08. The molecule has 6 rings (SSSR count). The Morgan fingerprint density at radius 1 is 1.31 bits per heavy atom. The molecule has 26 heavy (non-hydrogen) atoms. The summed E-state index contributed by atoms with van der Waals surface area (Å²) in [7, 11) is 1.83. The molecular formula is C21H26N2O3. The molecule has 2 bridgehead atoms. The van der Waals surface area contributed by atoms with Gasteiger partial charge >= 0.3 is 0 Å². The average molecular weight is 354 g/mol. The minimum atomic E-state index is -0.801. The van der Waals surface area contributed by atoms with E-state index in [9.17, 15) is 10.2 Å². The first-order chi connectivity index (χ1) is 12.6. The number of aromatic hydroxyl groups is 1. The van der Waals surface area contributed by atoms with Gasteiger partial charge in [0.25, 0.3) is 0 Å². The van der Waals surface area contributed by atoms with Crippen LogP contribution in [-0.4, -0.2) is 58.7 Å². The summed E-state index contributed by atoms with van der Waals surface area (Å²) in [5.74, 6) is 1.61. The zero-order valence-electron chi connectivity index (χ0n) is 15.2. The Morgan fingerprint density at radius 3 is 2.92 bits per heavy atom. The van der Waals surface area contributed by atoms with E-state index < -0.39 is 11.0 Å². The molecule has 2 heterocycles. The third kappa shape index (κ3) is 1.63. The molecule has 0 unspecified atom stereocenters. The molecule has 0 radical (unpaired) electrons. The SMILES string of the molecule is CN=C1CC[C@@]2(O)[C@H]3Cc4ccc(O)c5c4[C@@]2(CCN3CC2CC2)[C@H]1O5. The van der Waals surface area contributed by atoms with E-state index in [2.05, 4.69) is 9.89 Å². The minimum absolute atomic E-state index is 0.143. The highest BCUT2D eigenvalue weighted by atomic mass is 16.5. The Morgan fingerprint density at radius 2 is 2.15 bits per heavy atom. The maximum atomic E-state index is 12.2. The maximum absolute atomic E-state index is 12.2. The largest absolute Gasteiger partial charge is 0.504 e. The van der Waals surface area contributed by atoms with Crippen LogP contribution in [-0.2, 0) is 11.8 Å². The molecule has 0 aromatic heterocycles.